The lowest BCUT2D eigenvalue weighted by atomic mass is 9.76. The van der Waals surface area contributed by atoms with Gasteiger partial charge in [0.05, 0.1) is 0 Å². The predicted octanol–water partition coefficient (Wildman–Crippen LogP) is 3.20. The van der Waals surface area contributed by atoms with Crippen molar-refractivity contribution in [3.63, 3.8) is 0 Å². The molecule has 0 amide bonds. The molecular formula is C12H20O. The first kappa shape index (κ1) is 10.5. The van der Waals surface area contributed by atoms with Gasteiger partial charge in [0.15, 0.2) is 5.78 Å². The number of allylic oxidation sites excluding steroid dienone is 2. The molecule has 13 heavy (non-hydrogen) atoms. The third kappa shape index (κ3) is 2.43. The summed E-state index contributed by atoms with van der Waals surface area (Å²) in [7, 11) is 0. The summed E-state index contributed by atoms with van der Waals surface area (Å²) in [4.78, 5) is 11.3. The van der Waals surface area contributed by atoms with Crippen LogP contribution in [-0.4, -0.2) is 5.78 Å². The fourth-order valence-corrected chi connectivity index (χ4v) is 2.14. The van der Waals surface area contributed by atoms with Crippen LogP contribution >= 0.6 is 0 Å². The molecule has 0 spiro atoms. The zero-order valence-electron chi connectivity index (χ0n) is 9.13. The average Bonchev–Trinajstić information content (AvgIpc) is 2.03. The predicted molar refractivity (Wildman–Crippen MR) is 55.5 cm³/mol. The Balaban J connectivity index is 2.86. The summed E-state index contributed by atoms with van der Waals surface area (Å²) in [6.45, 7) is 8.85. The van der Waals surface area contributed by atoms with E-state index in [1.54, 1.807) is 0 Å². The Morgan fingerprint density at radius 2 is 1.92 bits per heavy atom. The van der Waals surface area contributed by atoms with Crippen LogP contribution in [0.15, 0.2) is 11.6 Å². The van der Waals surface area contributed by atoms with Crippen molar-refractivity contribution in [3.8, 4) is 0 Å². The van der Waals surface area contributed by atoms with Crippen molar-refractivity contribution in [1.29, 1.82) is 0 Å². The Morgan fingerprint density at radius 1 is 1.31 bits per heavy atom. The van der Waals surface area contributed by atoms with Crippen LogP contribution in [0, 0.1) is 17.8 Å². The fourth-order valence-electron chi connectivity index (χ4n) is 2.14. The topological polar surface area (TPSA) is 17.1 Å². The van der Waals surface area contributed by atoms with E-state index in [2.05, 4.69) is 27.7 Å². The van der Waals surface area contributed by atoms with Crippen LogP contribution in [0.1, 0.15) is 40.5 Å². The molecule has 0 bridgehead atoms. The van der Waals surface area contributed by atoms with Gasteiger partial charge in [-0.15, -0.1) is 0 Å². The van der Waals surface area contributed by atoms with Crippen molar-refractivity contribution in [2.24, 2.45) is 17.8 Å². The molecule has 0 heterocycles. The van der Waals surface area contributed by atoms with Gasteiger partial charge in [0.2, 0.25) is 0 Å². The van der Waals surface area contributed by atoms with E-state index in [4.69, 9.17) is 0 Å². The molecule has 0 aromatic rings. The van der Waals surface area contributed by atoms with Gasteiger partial charge in [-0.1, -0.05) is 33.3 Å². The minimum Gasteiger partial charge on any atom is -0.295 e. The average molecular weight is 180 g/mol. The van der Waals surface area contributed by atoms with Gasteiger partial charge in [-0.05, 0) is 30.3 Å². The quantitative estimate of drug-likeness (QED) is 0.637. The van der Waals surface area contributed by atoms with Gasteiger partial charge in [0, 0.05) is 6.42 Å². The van der Waals surface area contributed by atoms with Crippen molar-refractivity contribution >= 4 is 5.78 Å². The van der Waals surface area contributed by atoms with Crippen molar-refractivity contribution in [1.82, 2.24) is 0 Å². The maximum Gasteiger partial charge on any atom is 0.155 e. The summed E-state index contributed by atoms with van der Waals surface area (Å²) in [5.74, 6) is 2.15. The second kappa shape index (κ2) is 4.08. The minimum atomic E-state index is 0.320. The molecule has 1 rings (SSSR count). The molecule has 0 aromatic heterocycles. The number of carbonyl (C=O) groups is 1. The highest BCUT2D eigenvalue weighted by molar-refractivity contribution is 5.91. The van der Waals surface area contributed by atoms with Crippen LogP contribution in [0.2, 0.25) is 0 Å². The first-order valence-corrected chi connectivity index (χ1v) is 5.26. The molecular weight excluding hydrogens is 160 g/mol. The Bertz CT molecular complexity index is 223. The molecule has 0 aromatic carbocycles. The second-order valence-electron chi connectivity index (χ2n) is 4.65. The molecule has 1 unspecified atom stereocenters. The summed E-state index contributed by atoms with van der Waals surface area (Å²) in [6.07, 6.45) is 3.69. The monoisotopic (exact) mass is 180 g/mol. The molecule has 0 fully saturated rings. The molecule has 1 atom stereocenters. The van der Waals surface area contributed by atoms with Gasteiger partial charge in [-0.3, -0.25) is 4.79 Å². The summed E-state index contributed by atoms with van der Waals surface area (Å²) in [5.41, 5.74) is 1.37. The van der Waals surface area contributed by atoms with E-state index in [-0.39, 0.29) is 0 Å². The Kier molecular flexibility index (Phi) is 3.29. The number of hydrogen-bond donors (Lipinski definition) is 0. The zero-order chi connectivity index (χ0) is 10.0. The third-order valence-corrected chi connectivity index (χ3v) is 2.93. The molecule has 1 nitrogen and oxygen atoms in total. The summed E-state index contributed by atoms with van der Waals surface area (Å²) >= 11 is 0. The normalized spacial score (nSPS) is 24.0. The van der Waals surface area contributed by atoms with E-state index in [0.29, 0.717) is 23.5 Å². The first-order chi connectivity index (χ1) is 6.02. The van der Waals surface area contributed by atoms with Crippen LogP contribution in [0.4, 0.5) is 0 Å². The largest absolute Gasteiger partial charge is 0.295 e. The van der Waals surface area contributed by atoms with E-state index in [9.17, 15) is 4.79 Å². The van der Waals surface area contributed by atoms with Gasteiger partial charge in [0.1, 0.15) is 0 Å². The molecule has 0 aliphatic heterocycles. The highest BCUT2D eigenvalue weighted by atomic mass is 16.1. The Morgan fingerprint density at radius 3 is 2.38 bits per heavy atom. The van der Waals surface area contributed by atoms with Crippen LogP contribution in [0.25, 0.3) is 0 Å². The number of rotatable bonds is 2. The SMILES string of the molecule is CC(C)C1=CC(=O)CCC1C(C)C. The number of ketones is 1. The molecule has 1 aliphatic rings. The summed E-state index contributed by atoms with van der Waals surface area (Å²) < 4.78 is 0. The minimum absolute atomic E-state index is 0.320. The van der Waals surface area contributed by atoms with Crippen LogP contribution in [0.3, 0.4) is 0 Å². The fraction of sp³-hybridized carbons (Fsp3) is 0.750. The van der Waals surface area contributed by atoms with Crippen LogP contribution < -0.4 is 0 Å². The van der Waals surface area contributed by atoms with Gasteiger partial charge in [-0.2, -0.15) is 0 Å². The van der Waals surface area contributed by atoms with E-state index in [1.165, 1.54) is 5.57 Å². The van der Waals surface area contributed by atoms with Gasteiger partial charge >= 0.3 is 0 Å². The molecule has 0 N–H and O–H groups in total. The third-order valence-electron chi connectivity index (χ3n) is 2.93. The highest BCUT2D eigenvalue weighted by Crippen LogP contribution is 2.33. The number of hydrogen-bond acceptors (Lipinski definition) is 1. The molecule has 0 saturated carbocycles. The van der Waals surface area contributed by atoms with Gasteiger partial charge < -0.3 is 0 Å². The molecule has 0 saturated heterocycles. The van der Waals surface area contributed by atoms with E-state index >= 15 is 0 Å². The smallest absolute Gasteiger partial charge is 0.155 e. The Labute approximate surface area is 81.2 Å². The standard InChI is InChI=1S/C12H20O/c1-8(2)11-6-5-10(13)7-12(11)9(3)4/h7-9,11H,5-6H2,1-4H3. The van der Waals surface area contributed by atoms with Crippen molar-refractivity contribution < 1.29 is 4.79 Å². The first-order valence-electron chi connectivity index (χ1n) is 5.26. The Hall–Kier alpha value is -0.590. The molecule has 0 radical (unpaired) electrons. The lowest BCUT2D eigenvalue weighted by Gasteiger charge is -2.29. The van der Waals surface area contributed by atoms with E-state index < -0.39 is 0 Å². The lowest BCUT2D eigenvalue weighted by molar-refractivity contribution is -0.115. The van der Waals surface area contributed by atoms with Crippen molar-refractivity contribution in [2.45, 2.75) is 40.5 Å². The second-order valence-corrected chi connectivity index (χ2v) is 4.65. The maximum atomic E-state index is 11.3. The molecule has 1 heteroatoms. The molecule has 1 aliphatic carbocycles. The maximum absolute atomic E-state index is 11.3. The van der Waals surface area contributed by atoms with Gasteiger partial charge in [-0.25, -0.2) is 0 Å². The molecule has 74 valence electrons. The van der Waals surface area contributed by atoms with Crippen LogP contribution in [-0.2, 0) is 4.79 Å². The summed E-state index contributed by atoms with van der Waals surface area (Å²) in [5, 5.41) is 0. The summed E-state index contributed by atoms with van der Waals surface area (Å²) in [6, 6.07) is 0. The van der Waals surface area contributed by atoms with Gasteiger partial charge in [0.25, 0.3) is 0 Å². The van der Waals surface area contributed by atoms with E-state index in [0.717, 1.165) is 12.8 Å². The number of carbonyl (C=O) groups excluding carboxylic acids is 1. The lowest BCUT2D eigenvalue weighted by Crippen LogP contribution is -2.21. The van der Waals surface area contributed by atoms with E-state index in [1.807, 2.05) is 6.08 Å². The van der Waals surface area contributed by atoms with Crippen LogP contribution in [0.5, 0.6) is 0 Å². The van der Waals surface area contributed by atoms with Crippen molar-refractivity contribution in [3.05, 3.63) is 11.6 Å². The van der Waals surface area contributed by atoms with Crippen molar-refractivity contribution in [2.75, 3.05) is 0 Å². The zero-order valence-corrected chi connectivity index (χ0v) is 9.13. The highest BCUT2D eigenvalue weighted by Gasteiger charge is 2.25.